The minimum Gasteiger partial charge on any atom is -0.340 e. The van der Waals surface area contributed by atoms with Crippen molar-refractivity contribution in [2.75, 3.05) is 26.4 Å². The number of thioether (sulfide) groups is 1. The van der Waals surface area contributed by atoms with Crippen LogP contribution < -0.4 is 5.32 Å². The summed E-state index contributed by atoms with van der Waals surface area (Å²) in [6, 6.07) is 8.34. The first kappa shape index (κ1) is 21.1. The standard InChI is InChI=1S/C16H22N4OS.2ClH/c1-19(12-7-8-17-9-12)16(21)10-20-14-6-4-3-5-13(14)18-15(20)11-22-2;;/h3-6,12,17H,7-11H2,1-2H3;2*1H. The van der Waals surface area contributed by atoms with Crippen LogP contribution >= 0.6 is 36.6 Å². The Balaban J connectivity index is 0.00000144. The highest BCUT2D eigenvalue weighted by Crippen LogP contribution is 2.19. The van der Waals surface area contributed by atoms with Crippen molar-refractivity contribution in [3.05, 3.63) is 30.1 Å². The number of likely N-dealkylation sites (N-methyl/N-ethyl adjacent to an activating group) is 1. The van der Waals surface area contributed by atoms with Crippen LogP contribution in [0.25, 0.3) is 11.0 Å². The molecular formula is C16H24Cl2N4OS. The SMILES string of the molecule is CSCc1nc2ccccc2n1CC(=O)N(C)C1CCNC1.Cl.Cl. The number of hydrogen-bond donors (Lipinski definition) is 1. The third kappa shape index (κ3) is 4.36. The molecule has 1 saturated heterocycles. The lowest BCUT2D eigenvalue weighted by molar-refractivity contribution is -0.132. The van der Waals surface area contributed by atoms with Crippen molar-refractivity contribution in [3.8, 4) is 0 Å². The Bertz CT molecular complexity index is 673. The van der Waals surface area contributed by atoms with Gasteiger partial charge in [0.1, 0.15) is 12.4 Å². The zero-order valence-corrected chi connectivity index (χ0v) is 16.3. The van der Waals surface area contributed by atoms with E-state index in [9.17, 15) is 4.79 Å². The van der Waals surface area contributed by atoms with Gasteiger partial charge in [0.15, 0.2) is 0 Å². The van der Waals surface area contributed by atoms with Gasteiger partial charge in [-0.2, -0.15) is 11.8 Å². The second kappa shape index (κ2) is 9.51. The topological polar surface area (TPSA) is 50.2 Å². The van der Waals surface area contributed by atoms with Gasteiger partial charge in [-0.25, -0.2) is 4.98 Å². The van der Waals surface area contributed by atoms with E-state index in [0.717, 1.165) is 42.1 Å². The van der Waals surface area contributed by atoms with Crippen LogP contribution in [-0.4, -0.2) is 52.8 Å². The summed E-state index contributed by atoms with van der Waals surface area (Å²) >= 11 is 1.73. The lowest BCUT2D eigenvalue weighted by atomic mass is 10.2. The Hall–Kier alpha value is -0.950. The summed E-state index contributed by atoms with van der Waals surface area (Å²) in [7, 11) is 1.91. The number of fused-ring (bicyclic) bond motifs is 1. The fourth-order valence-electron chi connectivity index (χ4n) is 2.96. The molecular weight excluding hydrogens is 367 g/mol. The van der Waals surface area contributed by atoms with Crippen molar-refractivity contribution < 1.29 is 4.79 Å². The molecule has 0 aliphatic carbocycles. The molecule has 1 N–H and O–H groups in total. The van der Waals surface area contributed by atoms with Gasteiger partial charge in [-0.1, -0.05) is 12.1 Å². The van der Waals surface area contributed by atoms with Gasteiger partial charge in [0, 0.05) is 19.6 Å². The predicted octanol–water partition coefficient (Wildman–Crippen LogP) is 2.56. The monoisotopic (exact) mass is 390 g/mol. The molecule has 0 saturated carbocycles. The number of carbonyl (C=O) groups excluding carboxylic acids is 1. The van der Waals surface area contributed by atoms with Gasteiger partial charge in [-0.15, -0.1) is 24.8 Å². The molecule has 134 valence electrons. The number of benzene rings is 1. The van der Waals surface area contributed by atoms with Gasteiger partial charge >= 0.3 is 0 Å². The van der Waals surface area contributed by atoms with E-state index in [2.05, 4.69) is 21.1 Å². The molecule has 5 nitrogen and oxygen atoms in total. The van der Waals surface area contributed by atoms with Crippen LogP contribution in [0.5, 0.6) is 0 Å². The molecule has 1 aliphatic heterocycles. The largest absolute Gasteiger partial charge is 0.340 e. The fourth-order valence-corrected chi connectivity index (χ4v) is 3.44. The van der Waals surface area contributed by atoms with Crippen molar-refractivity contribution in [3.63, 3.8) is 0 Å². The second-order valence-electron chi connectivity index (χ2n) is 5.69. The predicted molar refractivity (Wildman–Crippen MR) is 105 cm³/mol. The number of nitrogens with zero attached hydrogens (tertiary/aromatic N) is 3. The van der Waals surface area contributed by atoms with Crippen LogP contribution in [0.4, 0.5) is 0 Å². The lowest BCUT2D eigenvalue weighted by Gasteiger charge is -2.24. The van der Waals surface area contributed by atoms with Crippen LogP contribution in [-0.2, 0) is 17.1 Å². The molecule has 8 heteroatoms. The zero-order chi connectivity index (χ0) is 15.5. The molecule has 24 heavy (non-hydrogen) atoms. The van der Waals surface area contributed by atoms with Crippen LogP contribution in [0.2, 0.25) is 0 Å². The molecule has 1 aliphatic rings. The van der Waals surface area contributed by atoms with Gasteiger partial charge in [0.25, 0.3) is 0 Å². The number of imidazole rings is 1. The second-order valence-corrected chi connectivity index (χ2v) is 6.55. The van der Waals surface area contributed by atoms with E-state index < -0.39 is 0 Å². The van der Waals surface area contributed by atoms with Gasteiger partial charge in [0.05, 0.1) is 16.8 Å². The van der Waals surface area contributed by atoms with Crippen molar-refractivity contribution >= 4 is 53.5 Å². The molecule has 3 rings (SSSR count). The van der Waals surface area contributed by atoms with Crippen LogP contribution in [0.15, 0.2) is 24.3 Å². The summed E-state index contributed by atoms with van der Waals surface area (Å²) in [6.45, 7) is 2.25. The highest BCUT2D eigenvalue weighted by Gasteiger charge is 2.24. The number of amides is 1. The van der Waals surface area contributed by atoms with Gasteiger partial charge in [0.2, 0.25) is 5.91 Å². The van der Waals surface area contributed by atoms with E-state index in [1.807, 2.05) is 36.2 Å². The molecule has 0 radical (unpaired) electrons. The maximum atomic E-state index is 12.6. The quantitative estimate of drug-likeness (QED) is 0.851. The maximum absolute atomic E-state index is 12.6. The van der Waals surface area contributed by atoms with Gasteiger partial charge < -0.3 is 14.8 Å². The summed E-state index contributed by atoms with van der Waals surface area (Å²) in [5.41, 5.74) is 2.00. The summed E-state index contributed by atoms with van der Waals surface area (Å²) in [5.74, 6) is 1.94. The van der Waals surface area contributed by atoms with Crippen molar-refractivity contribution in [1.29, 1.82) is 0 Å². The third-order valence-electron chi connectivity index (χ3n) is 4.28. The molecule has 2 heterocycles. The Kier molecular flexibility index (Phi) is 8.36. The first-order valence-electron chi connectivity index (χ1n) is 7.60. The van der Waals surface area contributed by atoms with Gasteiger partial charge in [-0.3, -0.25) is 4.79 Å². The Morgan fingerprint density at radius 2 is 2.17 bits per heavy atom. The Labute approximate surface area is 159 Å². The smallest absolute Gasteiger partial charge is 0.242 e. The molecule has 1 aromatic carbocycles. The number of hydrogen-bond acceptors (Lipinski definition) is 4. The molecule has 2 aromatic rings. The van der Waals surface area contributed by atoms with E-state index >= 15 is 0 Å². The lowest BCUT2D eigenvalue weighted by Crippen LogP contribution is -2.40. The summed E-state index contributed by atoms with van der Waals surface area (Å²) in [5, 5.41) is 3.31. The van der Waals surface area contributed by atoms with E-state index in [-0.39, 0.29) is 30.7 Å². The Morgan fingerprint density at radius 1 is 1.42 bits per heavy atom. The fraction of sp³-hybridized carbons (Fsp3) is 0.500. The molecule has 1 atom stereocenters. The summed E-state index contributed by atoms with van der Waals surface area (Å²) in [4.78, 5) is 19.2. The van der Waals surface area contributed by atoms with Crippen molar-refractivity contribution in [2.24, 2.45) is 0 Å². The first-order chi connectivity index (χ1) is 10.7. The summed E-state index contributed by atoms with van der Waals surface area (Å²) in [6.07, 6.45) is 3.09. The van der Waals surface area contributed by atoms with Crippen LogP contribution in [0.3, 0.4) is 0 Å². The van der Waals surface area contributed by atoms with E-state index in [1.54, 1.807) is 11.8 Å². The number of rotatable bonds is 5. The highest BCUT2D eigenvalue weighted by molar-refractivity contribution is 7.97. The van der Waals surface area contributed by atoms with Crippen LogP contribution in [0, 0.1) is 0 Å². The normalized spacial score (nSPS) is 16.5. The summed E-state index contributed by atoms with van der Waals surface area (Å²) < 4.78 is 2.06. The van der Waals surface area contributed by atoms with Gasteiger partial charge in [-0.05, 0) is 31.4 Å². The van der Waals surface area contributed by atoms with Crippen LogP contribution in [0.1, 0.15) is 12.2 Å². The molecule has 0 spiro atoms. The number of para-hydroxylation sites is 2. The van der Waals surface area contributed by atoms with E-state index in [4.69, 9.17) is 0 Å². The van der Waals surface area contributed by atoms with Crippen molar-refractivity contribution in [2.45, 2.75) is 24.8 Å². The number of aromatic nitrogens is 2. The molecule has 1 aromatic heterocycles. The maximum Gasteiger partial charge on any atom is 0.242 e. The first-order valence-corrected chi connectivity index (χ1v) is 8.99. The average molecular weight is 391 g/mol. The average Bonchev–Trinajstić information content (AvgIpc) is 3.16. The molecule has 1 amide bonds. The third-order valence-corrected chi connectivity index (χ3v) is 4.82. The molecule has 0 bridgehead atoms. The van der Waals surface area contributed by atoms with E-state index in [1.165, 1.54) is 0 Å². The number of halogens is 2. The number of nitrogens with one attached hydrogen (secondary N) is 1. The number of carbonyl (C=O) groups is 1. The zero-order valence-electron chi connectivity index (χ0n) is 13.9. The minimum atomic E-state index is 0. The van der Waals surface area contributed by atoms with Crippen molar-refractivity contribution in [1.82, 2.24) is 19.8 Å². The van der Waals surface area contributed by atoms with E-state index in [0.29, 0.717) is 12.6 Å². The highest BCUT2D eigenvalue weighted by atomic mass is 35.5. The minimum absolute atomic E-state index is 0. The Morgan fingerprint density at radius 3 is 2.83 bits per heavy atom. The molecule has 1 unspecified atom stereocenters. The molecule has 1 fully saturated rings.